The van der Waals surface area contributed by atoms with Crippen molar-refractivity contribution >= 4 is 5.82 Å². The molecule has 0 amide bonds. The highest BCUT2D eigenvalue weighted by Gasteiger charge is 2.12. The Bertz CT molecular complexity index is 589. The highest BCUT2D eigenvalue weighted by atomic mass is 15.2. The molecular formula is C15H19N3. The van der Waals surface area contributed by atoms with Gasteiger partial charge in [0.15, 0.2) is 5.82 Å². The normalized spacial score (nSPS) is 10.5. The van der Waals surface area contributed by atoms with E-state index in [4.69, 9.17) is 0 Å². The van der Waals surface area contributed by atoms with Gasteiger partial charge in [0.25, 0.3) is 0 Å². The third kappa shape index (κ3) is 2.08. The summed E-state index contributed by atoms with van der Waals surface area (Å²) in [5, 5.41) is 11.7. The van der Waals surface area contributed by atoms with Crippen LogP contribution in [0.2, 0.25) is 0 Å². The van der Waals surface area contributed by atoms with E-state index in [0.717, 1.165) is 22.6 Å². The second-order valence-corrected chi connectivity index (χ2v) is 4.72. The van der Waals surface area contributed by atoms with Crippen LogP contribution in [0.3, 0.4) is 0 Å². The fourth-order valence-electron chi connectivity index (χ4n) is 2.18. The Morgan fingerprint density at radius 2 is 1.67 bits per heavy atom. The van der Waals surface area contributed by atoms with E-state index < -0.39 is 0 Å². The Morgan fingerprint density at radius 3 is 2.28 bits per heavy atom. The van der Waals surface area contributed by atoms with E-state index in [0.29, 0.717) is 0 Å². The van der Waals surface area contributed by atoms with Crippen LogP contribution in [0.5, 0.6) is 0 Å². The van der Waals surface area contributed by atoms with Gasteiger partial charge in [-0.15, -0.1) is 10.2 Å². The van der Waals surface area contributed by atoms with Crippen molar-refractivity contribution in [2.75, 3.05) is 12.4 Å². The predicted molar refractivity (Wildman–Crippen MR) is 76.0 cm³/mol. The lowest BCUT2D eigenvalue weighted by Crippen LogP contribution is -2.03. The third-order valence-corrected chi connectivity index (χ3v) is 3.40. The molecule has 2 rings (SSSR count). The van der Waals surface area contributed by atoms with Crippen LogP contribution in [-0.4, -0.2) is 17.2 Å². The molecule has 18 heavy (non-hydrogen) atoms. The van der Waals surface area contributed by atoms with Crippen LogP contribution in [0, 0.1) is 27.7 Å². The van der Waals surface area contributed by atoms with E-state index in [9.17, 15) is 0 Å². The average molecular weight is 241 g/mol. The first-order valence-electron chi connectivity index (χ1n) is 6.14. The molecule has 0 aliphatic rings. The molecule has 1 aromatic heterocycles. The minimum atomic E-state index is 0.848. The summed E-state index contributed by atoms with van der Waals surface area (Å²) in [6, 6.07) is 6.42. The van der Waals surface area contributed by atoms with Crippen molar-refractivity contribution < 1.29 is 0 Å². The van der Waals surface area contributed by atoms with Gasteiger partial charge in [-0.3, -0.25) is 0 Å². The number of hydrogen-bond acceptors (Lipinski definition) is 3. The number of benzene rings is 1. The second kappa shape index (κ2) is 4.77. The first-order valence-corrected chi connectivity index (χ1v) is 6.14. The number of anilines is 1. The molecule has 0 atom stereocenters. The molecule has 1 N–H and O–H groups in total. The molecule has 0 unspecified atom stereocenters. The fraction of sp³-hybridized carbons (Fsp3) is 0.333. The van der Waals surface area contributed by atoms with E-state index in [1.165, 1.54) is 16.7 Å². The van der Waals surface area contributed by atoms with Gasteiger partial charge in [0.1, 0.15) is 0 Å². The molecular weight excluding hydrogens is 222 g/mol. The molecule has 0 aliphatic carbocycles. The Morgan fingerprint density at radius 1 is 0.944 bits per heavy atom. The largest absolute Gasteiger partial charge is 0.371 e. The van der Waals surface area contributed by atoms with Crippen LogP contribution in [-0.2, 0) is 0 Å². The summed E-state index contributed by atoms with van der Waals surface area (Å²) in [6.07, 6.45) is 0. The average Bonchev–Trinajstić information content (AvgIpc) is 2.34. The van der Waals surface area contributed by atoms with Crippen LogP contribution in [0.15, 0.2) is 18.2 Å². The Kier molecular flexibility index (Phi) is 3.32. The van der Waals surface area contributed by atoms with Crippen LogP contribution in [0.4, 0.5) is 5.82 Å². The maximum absolute atomic E-state index is 4.36. The van der Waals surface area contributed by atoms with Gasteiger partial charge in [-0.25, -0.2) is 0 Å². The van der Waals surface area contributed by atoms with Gasteiger partial charge in [-0.1, -0.05) is 23.8 Å². The van der Waals surface area contributed by atoms with Gasteiger partial charge in [-0.05, 0) is 44.4 Å². The monoisotopic (exact) mass is 241 g/mol. The summed E-state index contributed by atoms with van der Waals surface area (Å²) >= 11 is 0. The molecule has 2 aromatic rings. The SMILES string of the molecule is CNc1nnc(-c2ccc(C)cc2C)c(C)c1C. The lowest BCUT2D eigenvalue weighted by atomic mass is 9.98. The Balaban J connectivity index is 2.61. The topological polar surface area (TPSA) is 37.8 Å². The maximum Gasteiger partial charge on any atom is 0.151 e. The fourth-order valence-corrected chi connectivity index (χ4v) is 2.18. The molecule has 0 saturated carbocycles. The quantitative estimate of drug-likeness (QED) is 0.875. The van der Waals surface area contributed by atoms with E-state index in [1.54, 1.807) is 0 Å². The predicted octanol–water partition coefficient (Wildman–Crippen LogP) is 3.42. The minimum Gasteiger partial charge on any atom is -0.371 e. The molecule has 3 heteroatoms. The lowest BCUT2D eigenvalue weighted by Gasteiger charge is -2.12. The van der Waals surface area contributed by atoms with Crippen molar-refractivity contribution in [2.45, 2.75) is 27.7 Å². The van der Waals surface area contributed by atoms with Gasteiger partial charge in [-0.2, -0.15) is 0 Å². The molecule has 0 spiro atoms. The van der Waals surface area contributed by atoms with Crippen molar-refractivity contribution in [3.63, 3.8) is 0 Å². The second-order valence-electron chi connectivity index (χ2n) is 4.72. The summed E-state index contributed by atoms with van der Waals surface area (Å²) in [5.41, 5.74) is 6.98. The highest BCUT2D eigenvalue weighted by molar-refractivity contribution is 5.69. The number of nitrogens with one attached hydrogen (secondary N) is 1. The number of nitrogens with zero attached hydrogens (tertiary/aromatic N) is 2. The summed E-state index contributed by atoms with van der Waals surface area (Å²) in [4.78, 5) is 0. The van der Waals surface area contributed by atoms with Crippen LogP contribution < -0.4 is 5.32 Å². The van der Waals surface area contributed by atoms with Crippen LogP contribution in [0.1, 0.15) is 22.3 Å². The zero-order valence-electron chi connectivity index (χ0n) is 11.6. The molecule has 0 fully saturated rings. The Labute approximate surface area is 108 Å². The summed E-state index contributed by atoms with van der Waals surface area (Å²) in [7, 11) is 1.87. The molecule has 3 nitrogen and oxygen atoms in total. The van der Waals surface area contributed by atoms with E-state index in [2.05, 4.69) is 61.4 Å². The smallest absolute Gasteiger partial charge is 0.151 e. The minimum absolute atomic E-state index is 0.848. The third-order valence-electron chi connectivity index (χ3n) is 3.40. The molecule has 1 heterocycles. The van der Waals surface area contributed by atoms with Crippen molar-refractivity contribution in [3.05, 3.63) is 40.5 Å². The van der Waals surface area contributed by atoms with Crippen LogP contribution >= 0.6 is 0 Å². The van der Waals surface area contributed by atoms with E-state index in [1.807, 2.05) is 7.05 Å². The first-order chi connectivity index (χ1) is 8.54. The van der Waals surface area contributed by atoms with E-state index in [-0.39, 0.29) is 0 Å². The number of rotatable bonds is 2. The van der Waals surface area contributed by atoms with Gasteiger partial charge in [0.2, 0.25) is 0 Å². The van der Waals surface area contributed by atoms with E-state index >= 15 is 0 Å². The summed E-state index contributed by atoms with van der Waals surface area (Å²) in [6.45, 7) is 8.39. The number of aryl methyl sites for hydroxylation is 2. The maximum atomic E-state index is 4.36. The van der Waals surface area contributed by atoms with Crippen molar-refractivity contribution in [1.29, 1.82) is 0 Å². The molecule has 0 bridgehead atoms. The zero-order chi connectivity index (χ0) is 13.3. The van der Waals surface area contributed by atoms with Gasteiger partial charge >= 0.3 is 0 Å². The summed E-state index contributed by atoms with van der Waals surface area (Å²) in [5.74, 6) is 0.848. The lowest BCUT2D eigenvalue weighted by molar-refractivity contribution is 1.00. The van der Waals surface area contributed by atoms with Crippen LogP contribution in [0.25, 0.3) is 11.3 Å². The molecule has 94 valence electrons. The first kappa shape index (κ1) is 12.6. The van der Waals surface area contributed by atoms with Gasteiger partial charge in [0, 0.05) is 12.6 Å². The Hall–Kier alpha value is -1.90. The van der Waals surface area contributed by atoms with Crippen molar-refractivity contribution in [2.24, 2.45) is 0 Å². The molecule has 0 radical (unpaired) electrons. The zero-order valence-corrected chi connectivity index (χ0v) is 11.6. The molecule has 1 aromatic carbocycles. The van der Waals surface area contributed by atoms with Crippen molar-refractivity contribution in [1.82, 2.24) is 10.2 Å². The summed E-state index contributed by atoms with van der Waals surface area (Å²) < 4.78 is 0. The number of hydrogen-bond donors (Lipinski definition) is 1. The van der Waals surface area contributed by atoms with Gasteiger partial charge in [0.05, 0.1) is 5.69 Å². The van der Waals surface area contributed by atoms with Crippen molar-refractivity contribution in [3.8, 4) is 11.3 Å². The standard InChI is InChI=1S/C15H19N3/c1-9-6-7-13(10(2)8-9)14-11(3)12(4)15(16-5)18-17-14/h6-8H,1-5H3,(H,16,18). The molecule has 0 aliphatic heterocycles. The van der Waals surface area contributed by atoms with Gasteiger partial charge < -0.3 is 5.32 Å². The molecule has 0 saturated heterocycles. The number of aromatic nitrogens is 2. The highest BCUT2D eigenvalue weighted by Crippen LogP contribution is 2.28.